The third-order valence-electron chi connectivity index (χ3n) is 1.51. The maximum atomic E-state index is 8.57. The molecule has 0 bridgehead atoms. The van der Waals surface area contributed by atoms with E-state index in [9.17, 15) is 0 Å². The Morgan fingerprint density at radius 3 is 1.71 bits per heavy atom. The molecule has 2 nitrogen and oxygen atoms in total. The Labute approximate surface area is 95.2 Å². The predicted octanol–water partition coefficient (Wildman–Crippen LogP) is 1.77. The van der Waals surface area contributed by atoms with Crippen molar-refractivity contribution in [3.8, 4) is 0 Å². The molecule has 0 atom stereocenters. The predicted molar refractivity (Wildman–Crippen MR) is 67.2 cm³/mol. The fourth-order valence-corrected chi connectivity index (χ4v) is 2.67. The number of rotatable bonds is 10. The van der Waals surface area contributed by atoms with Crippen LogP contribution in [-0.2, 0) is 0 Å². The third-order valence-corrected chi connectivity index (χ3v) is 3.89. The van der Waals surface area contributed by atoms with Gasteiger partial charge in [0, 0.05) is 24.7 Å². The molecule has 0 saturated heterocycles. The summed E-state index contributed by atoms with van der Waals surface area (Å²) in [5.41, 5.74) is 1.25. The number of hydrogen-bond donors (Lipinski definition) is 2. The molecular formula is C10H20O2S2. The minimum absolute atomic E-state index is 0.282. The van der Waals surface area contributed by atoms with E-state index in [0.29, 0.717) is 0 Å². The Balaban J connectivity index is 3.11. The number of aliphatic hydroxyl groups excluding tert-OH is 2. The highest BCUT2D eigenvalue weighted by atomic mass is 32.2. The second kappa shape index (κ2) is 11.4. The Kier molecular flexibility index (Phi) is 11.7. The molecule has 0 aromatic heterocycles. The van der Waals surface area contributed by atoms with Crippen LogP contribution in [0.5, 0.6) is 0 Å². The summed E-state index contributed by atoms with van der Waals surface area (Å²) in [6.07, 6.45) is 1.74. The minimum atomic E-state index is 0.282. The van der Waals surface area contributed by atoms with Gasteiger partial charge in [-0.15, -0.1) is 0 Å². The number of hydrogen-bond acceptors (Lipinski definition) is 4. The van der Waals surface area contributed by atoms with Gasteiger partial charge in [0.25, 0.3) is 0 Å². The first-order valence-corrected chi connectivity index (χ1v) is 7.16. The molecule has 4 heteroatoms. The molecule has 2 N–H and O–H groups in total. The topological polar surface area (TPSA) is 40.5 Å². The summed E-state index contributed by atoms with van der Waals surface area (Å²) in [5.74, 6) is 4.01. The van der Waals surface area contributed by atoms with Gasteiger partial charge in [-0.2, -0.15) is 23.5 Å². The largest absolute Gasteiger partial charge is 0.396 e. The lowest BCUT2D eigenvalue weighted by Crippen LogP contribution is -1.94. The van der Waals surface area contributed by atoms with Crippen LogP contribution in [0.3, 0.4) is 0 Å². The van der Waals surface area contributed by atoms with Crippen molar-refractivity contribution < 1.29 is 10.2 Å². The van der Waals surface area contributed by atoms with Crippen molar-refractivity contribution in [1.82, 2.24) is 0 Å². The molecule has 0 rings (SSSR count). The second-order valence-electron chi connectivity index (χ2n) is 3.01. The quantitative estimate of drug-likeness (QED) is 0.448. The van der Waals surface area contributed by atoms with E-state index in [4.69, 9.17) is 10.2 Å². The van der Waals surface area contributed by atoms with Crippen LogP contribution in [0.2, 0.25) is 0 Å². The summed E-state index contributed by atoms with van der Waals surface area (Å²) in [4.78, 5) is 0. The van der Waals surface area contributed by atoms with E-state index in [0.717, 1.165) is 35.9 Å². The van der Waals surface area contributed by atoms with Crippen LogP contribution in [0, 0.1) is 0 Å². The van der Waals surface area contributed by atoms with Gasteiger partial charge in [-0.1, -0.05) is 12.2 Å². The Morgan fingerprint density at radius 1 is 0.929 bits per heavy atom. The molecule has 0 saturated carbocycles. The van der Waals surface area contributed by atoms with Crippen LogP contribution in [0.4, 0.5) is 0 Å². The van der Waals surface area contributed by atoms with E-state index in [2.05, 4.69) is 6.58 Å². The molecule has 0 aliphatic heterocycles. The smallest absolute Gasteiger partial charge is 0.0438 e. The van der Waals surface area contributed by atoms with Crippen LogP contribution >= 0.6 is 23.5 Å². The molecule has 0 aliphatic rings. The summed E-state index contributed by atoms with van der Waals surface area (Å²) < 4.78 is 0. The molecular weight excluding hydrogens is 216 g/mol. The monoisotopic (exact) mass is 236 g/mol. The second-order valence-corrected chi connectivity index (χ2v) is 5.22. The standard InChI is InChI=1S/C10H20O2S2/c1-10(8-13-6-2-4-11)9-14-7-3-5-12/h11-12H,1-9H2. The normalized spacial score (nSPS) is 10.4. The minimum Gasteiger partial charge on any atom is -0.396 e. The van der Waals surface area contributed by atoms with Crippen LogP contribution in [0.1, 0.15) is 12.8 Å². The molecule has 0 aromatic carbocycles. The fourth-order valence-electron chi connectivity index (χ4n) is 0.808. The van der Waals surface area contributed by atoms with E-state index in [1.165, 1.54) is 5.57 Å². The Morgan fingerprint density at radius 2 is 1.36 bits per heavy atom. The molecule has 0 aromatic rings. The van der Waals surface area contributed by atoms with Crippen LogP contribution in [-0.4, -0.2) is 46.4 Å². The maximum Gasteiger partial charge on any atom is 0.0438 e. The van der Waals surface area contributed by atoms with E-state index in [-0.39, 0.29) is 13.2 Å². The highest BCUT2D eigenvalue weighted by molar-refractivity contribution is 8.00. The number of thioether (sulfide) groups is 2. The average molecular weight is 236 g/mol. The van der Waals surface area contributed by atoms with Gasteiger partial charge in [-0.25, -0.2) is 0 Å². The lowest BCUT2D eigenvalue weighted by atomic mass is 10.4. The van der Waals surface area contributed by atoms with Crippen molar-refractivity contribution in [3.05, 3.63) is 12.2 Å². The maximum absolute atomic E-state index is 8.57. The van der Waals surface area contributed by atoms with Crippen molar-refractivity contribution in [2.75, 3.05) is 36.2 Å². The first kappa shape index (κ1) is 14.4. The average Bonchev–Trinajstić information content (AvgIpc) is 2.19. The van der Waals surface area contributed by atoms with Gasteiger partial charge in [-0.3, -0.25) is 0 Å². The molecule has 14 heavy (non-hydrogen) atoms. The van der Waals surface area contributed by atoms with Crippen LogP contribution in [0.25, 0.3) is 0 Å². The Hall–Kier alpha value is 0.360. The zero-order valence-electron chi connectivity index (χ0n) is 8.57. The van der Waals surface area contributed by atoms with Gasteiger partial charge in [0.1, 0.15) is 0 Å². The lowest BCUT2D eigenvalue weighted by molar-refractivity contribution is 0.296. The highest BCUT2D eigenvalue weighted by Crippen LogP contribution is 2.13. The van der Waals surface area contributed by atoms with E-state index in [1.807, 2.05) is 23.5 Å². The van der Waals surface area contributed by atoms with Crippen molar-refractivity contribution in [3.63, 3.8) is 0 Å². The van der Waals surface area contributed by atoms with Gasteiger partial charge in [0.05, 0.1) is 0 Å². The third kappa shape index (κ3) is 10.4. The molecule has 0 fully saturated rings. The van der Waals surface area contributed by atoms with Gasteiger partial charge in [-0.05, 0) is 24.3 Å². The summed E-state index contributed by atoms with van der Waals surface area (Å²) >= 11 is 3.65. The first-order chi connectivity index (χ1) is 6.81. The number of aliphatic hydroxyl groups is 2. The molecule has 0 heterocycles. The summed E-state index contributed by atoms with van der Waals surface area (Å²) in [7, 11) is 0. The highest BCUT2D eigenvalue weighted by Gasteiger charge is 1.96. The van der Waals surface area contributed by atoms with Gasteiger partial charge in [0.2, 0.25) is 0 Å². The molecule has 0 radical (unpaired) electrons. The summed E-state index contributed by atoms with van der Waals surface area (Å²) in [5, 5.41) is 17.1. The van der Waals surface area contributed by atoms with Gasteiger partial charge >= 0.3 is 0 Å². The molecule has 0 aliphatic carbocycles. The van der Waals surface area contributed by atoms with E-state index < -0.39 is 0 Å². The van der Waals surface area contributed by atoms with Gasteiger partial charge in [0.15, 0.2) is 0 Å². The molecule has 0 unspecified atom stereocenters. The van der Waals surface area contributed by atoms with Crippen LogP contribution < -0.4 is 0 Å². The SMILES string of the molecule is C=C(CSCCCO)CSCCCO. The molecule has 0 amide bonds. The molecule has 0 spiro atoms. The lowest BCUT2D eigenvalue weighted by Gasteiger charge is -2.04. The van der Waals surface area contributed by atoms with E-state index in [1.54, 1.807) is 0 Å². The van der Waals surface area contributed by atoms with Crippen LogP contribution in [0.15, 0.2) is 12.2 Å². The first-order valence-electron chi connectivity index (χ1n) is 4.85. The zero-order valence-corrected chi connectivity index (χ0v) is 10.2. The van der Waals surface area contributed by atoms with E-state index >= 15 is 0 Å². The molecule has 84 valence electrons. The zero-order chi connectivity index (χ0) is 10.6. The summed E-state index contributed by atoms with van der Waals surface area (Å²) in [6.45, 7) is 4.55. The van der Waals surface area contributed by atoms with Crippen molar-refractivity contribution in [1.29, 1.82) is 0 Å². The van der Waals surface area contributed by atoms with Crippen molar-refractivity contribution in [2.45, 2.75) is 12.8 Å². The fraction of sp³-hybridized carbons (Fsp3) is 0.800. The van der Waals surface area contributed by atoms with Crippen molar-refractivity contribution >= 4 is 23.5 Å². The summed E-state index contributed by atoms with van der Waals surface area (Å²) in [6, 6.07) is 0. The van der Waals surface area contributed by atoms with Crippen molar-refractivity contribution in [2.24, 2.45) is 0 Å². The van der Waals surface area contributed by atoms with Gasteiger partial charge < -0.3 is 10.2 Å². The Bertz CT molecular complexity index is 126.